The predicted octanol–water partition coefficient (Wildman–Crippen LogP) is 0.545. The summed E-state index contributed by atoms with van der Waals surface area (Å²) in [6, 6.07) is 0.532. The number of nitrogens with zero attached hydrogens (tertiary/aromatic N) is 4. The van der Waals surface area contributed by atoms with Crippen molar-refractivity contribution in [3.05, 3.63) is 18.2 Å². The van der Waals surface area contributed by atoms with Crippen LogP contribution >= 0.6 is 0 Å². The standard InChI is InChI=1S/C14H22N4O2/c1-16(2)11-4-7-18(8-5-11)13(20)10-12(19)14-15-6-9-17(14)3/h6,9,11H,4-5,7-8,10H2,1-3H3. The van der Waals surface area contributed by atoms with Crippen LogP contribution in [-0.4, -0.2) is 64.3 Å². The number of carbonyl (C=O) groups is 2. The topological polar surface area (TPSA) is 58.4 Å². The summed E-state index contributed by atoms with van der Waals surface area (Å²) in [5, 5.41) is 0. The molecule has 2 heterocycles. The molecule has 0 radical (unpaired) electrons. The van der Waals surface area contributed by atoms with Gasteiger partial charge in [-0.05, 0) is 26.9 Å². The van der Waals surface area contributed by atoms with E-state index < -0.39 is 0 Å². The summed E-state index contributed by atoms with van der Waals surface area (Å²) in [6.45, 7) is 1.46. The third-order valence-electron chi connectivity index (χ3n) is 3.93. The highest BCUT2D eigenvalue weighted by Crippen LogP contribution is 2.15. The number of aryl methyl sites for hydroxylation is 1. The zero-order valence-corrected chi connectivity index (χ0v) is 12.4. The Bertz CT molecular complexity index is 487. The summed E-state index contributed by atoms with van der Waals surface area (Å²) in [5.41, 5.74) is 0. The van der Waals surface area contributed by atoms with Crippen LogP contribution < -0.4 is 0 Å². The van der Waals surface area contributed by atoms with E-state index in [1.807, 2.05) is 0 Å². The van der Waals surface area contributed by atoms with Crippen LogP contribution in [0, 0.1) is 0 Å². The third-order valence-corrected chi connectivity index (χ3v) is 3.93. The minimum absolute atomic E-state index is 0.0858. The van der Waals surface area contributed by atoms with Gasteiger partial charge in [0.2, 0.25) is 11.7 Å². The summed E-state index contributed by atoms with van der Waals surface area (Å²) < 4.78 is 1.65. The van der Waals surface area contributed by atoms with Crippen molar-refractivity contribution in [2.24, 2.45) is 7.05 Å². The van der Waals surface area contributed by atoms with Gasteiger partial charge in [-0.1, -0.05) is 0 Å². The first kappa shape index (κ1) is 14.7. The Labute approximate surface area is 119 Å². The SMILES string of the molecule is CN(C)C1CCN(C(=O)CC(=O)c2nccn2C)CC1. The Hall–Kier alpha value is -1.69. The van der Waals surface area contributed by atoms with Crippen molar-refractivity contribution in [3.8, 4) is 0 Å². The lowest BCUT2D eigenvalue weighted by atomic mass is 10.0. The van der Waals surface area contributed by atoms with E-state index in [1.165, 1.54) is 0 Å². The number of amides is 1. The summed E-state index contributed by atoms with van der Waals surface area (Å²) in [5.74, 6) is 0.0500. The van der Waals surface area contributed by atoms with Gasteiger partial charge < -0.3 is 14.4 Å². The molecule has 6 heteroatoms. The molecule has 6 nitrogen and oxygen atoms in total. The number of aromatic nitrogens is 2. The number of hydrogen-bond acceptors (Lipinski definition) is 4. The molecule has 1 saturated heterocycles. The minimum Gasteiger partial charge on any atom is -0.342 e. The van der Waals surface area contributed by atoms with Crippen molar-refractivity contribution in [2.75, 3.05) is 27.2 Å². The van der Waals surface area contributed by atoms with Gasteiger partial charge in [0.1, 0.15) is 0 Å². The van der Waals surface area contributed by atoms with Crippen LogP contribution in [0.4, 0.5) is 0 Å². The van der Waals surface area contributed by atoms with Crippen LogP contribution in [0.5, 0.6) is 0 Å². The Balaban J connectivity index is 1.87. The second kappa shape index (κ2) is 6.17. The number of Topliss-reactive ketones (excluding diaryl/α,β-unsaturated/α-hetero) is 1. The molecule has 0 N–H and O–H groups in total. The second-order valence-corrected chi connectivity index (χ2v) is 5.54. The average molecular weight is 278 g/mol. The molecule has 0 spiro atoms. The zero-order valence-electron chi connectivity index (χ0n) is 12.4. The largest absolute Gasteiger partial charge is 0.342 e. The van der Waals surface area contributed by atoms with Crippen molar-refractivity contribution in [1.29, 1.82) is 0 Å². The zero-order chi connectivity index (χ0) is 14.7. The van der Waals surface area contributed by atoms with Crippen LogP contribution in [0.25, 0.3) is 0 Å². The fourth-order valence-electron chi connectivity index (χ4n) is 2.59. The van der Waals surface area contributed by atoms with Gasteiger partial charge in [-0.15, -0.1) is 0 Å². The number of carbonyl (C=O) groups excluding carboxylic acids is 2. The lowest BCUT2D eigenvalue weighted by molar-refractivity contribution is -0.131. The molecule has 2 rings (SSSR count). The average Bonchev–Trinajstić information content (AvgIpc) is 2.85. The number of hydrogen-bond donors (Lipinski definition) is 0. The molecule has 0 unspecified atom stereocenters. The number of ketones is 1. The molecule has 0 aromatic carbocycles. The first-order valence-corrected chi connectivity index (χ1v) is 6.93. The highest BCUT2D eigenvalue weighted by atomic mass is 16.2. The smallest absolute Gasteiger partial charge is 0.230 e. The van der Waals surface area contributed by atoms with Crippen LogP contribution in [-0.2, 0) is 11.8 Å². The van der Waals surface area contributed by atoms with Crippen LogP contribution in [0.15, 0.2) is 12.4 Å². The molecule has 1 aromatic rings. The summed E-state index contributed by atoms with van der Waals surface area (Å²) in [6.07, 6.45) is 5.13. The lowest BCUT2D eigenvalue weighted by Crippen LogP contribution is -2.45. The Morgan fingerprint density at radius 2 is 2.00 bits per heavy atom. The monoisotopic (exact) mass is 278 g/mol. The van der Waals surface area contributed by atoms with Gasteiger partial charge in [-0.2, -0.15) is 0 Å². The van der Waals surface area contributed by atoms with E-state index in [4.69, 9.17) is 0 Å². The highest BCUT2D eigenvalue weighted by Gasteiger charge is 2.26. The third kappa shape index (κ3) is 3.25. The Kier molecular flexibility index (Phi) is 4.54. The first-order valence-electron chi connectivity index (χ1n) is 6.93. The minimum atomic E-state index is -0.211. The molecule has 0 bridgehead atoms. The molecular weight excluding hydrogens is 256 g/mol. The van der Waals surface area contributed by atoms with E-state index >= 15 is 0 Å². The molecule has 1 aromatic heterocycles. The molecule has 1 aliphatic rings. The highest BCUT2D eigenvalue weighted by molar-refractivity contribution is 6.05. The molecule has 1 aliphatic heterocycles. The molecular formula is C14H22N4O2. The summed E-state index contributed by atoms with van der Waals surface area (Å²) >= 11 is 0. The second-order valence-electron chi connectivity index (χ2n) is 5.54. The molecule has 0 aliphatic carbocycles. The predicted molar refractivity (Wildman–Crippen MR) is 75.4 cm³/mol. The van der Waals surface area contributed by atoms with Gasteiger partial charge in [0.15, 0.2) is 5.82 Å². The fraction of sp³-hybridized carbons (Fsp3) is 0.643. The van der Waals surface area contributed by atoms with Crippen LogP contribution in [0.2, 0.25) is 0 Å². The van der Waals surface area contributed by atoms with Gasteiger partial charge in [-0.3, -0.25) is 9.59 Å². The fourth-order valence-corrected chi connectivity index (χ4v) is 2.59. The molecule has 1 fully saturated rings. The van der Waals surface area contributed by atoms with Gasteiger partial charge in [0.05, 0.1) is 6.42 Å². The summed E-state index contributed by atoms with van der Waals surface area (Å²) in [7, 11) is 5.88. The van der Waals surface area contributed by atoms with Crippen molar-refractivity contribution in [2.45, 2.75) is 25.3 Å². The van der Waals surface area contributed by atoms with Crippen molar-refractivity contribution < 1.29 is 9.59 Å². The number of rotatable bonds is 4. The van der Waals surface area contributed by atoms with E-state index in [2.05, 4.69) is 24.0 Å². The van der Waals surface area contributed by atoms with E-state index in [0.29, 0.717) is 11.9 Å². The molecule has 1 amide bonds. The summed E-state index contributed by atoms with van der Waals surface area (Å²) in [4.78, 5) is 32.1. The maximum atomic E-state index is 12.1. The Morgan fingerprint density at radius 3 is 2.50 bits per heavy atom. The maximum Gasteiger partial charge on any atom is 0.230 e. The van der Waals surface area contributed by atoms with Crippen LogP contribution in [0.3, 0.4) is 0 Å². The van der Waals surface area contributed by atoms with Gasteiger partial charge in [0, 0.05) is 38.6 Å². The van der Waals surface area contributed by atoms with Gasteiger partial charge in [-0.25, -0.2) is 4.98 Å². The maximum absolute atomic E-state index is 12.1. The first-order chi connectivity index (χ1) is 9.49. The molecule has 20 heavy (non-hydrogen) atoms. The molecule has 0 saturated carbocycles. The number of piperidine rings is 1. The number of likely N-dealkylation sites (tertiary alicyclic amines) is 1. The van der Waals surface area contributed by atoms with Crippen molar-refractivity contribution >= 4 is 11.7 Å². The van der Waals surface area contributed by atoms with Gasteiger partial charge >= 0.3 is 0 Å². The van der Waals surface area contributed by atoms with E-state index in [-0.39, 0.29) is 18.1 Å². The Morgan fingerprint density at radius 1 is 1.35 bits per heavy atom. The van der Waals surface area contributed by atoms with E-state index in [9.17, 15) is 9.59 Å². The van der Waals surface area contributed by atoms with E-state index in [1.54, 1.807) is 28.9 Å². The normalized spacial score (nSPS) is 16.7. The van der Waals surface area contributed by atoms with Crippen LogP contribution in [0.1, 0.15) is 29.9 Å². The molecule has 0 atom stereocenters. The number of imidazole rings is 1. The van der Waals surface area contributed by atoms with Gasteiger partial charge in [0.25, 0.3) is 0 Å². The lowest BCUT2D eigenvalue weighted by Gasteiger charge is -2.35. The van der Waals surface area contributed by atoms with Crippen molar-refractivity contribution in [1.82, 2.24) is 19.4 Å². The van der Waals surface area contributed by atoms with Crippen molar-refractivity contribution in [3.63, 3.8) is 0 Å². The molecule has 110 valence electrons. The quantitative estimate of drug-likeness (QED) is 0.596. The van der Waals surface area contributed by atoms with E-state index in [0.717, 1.165) is 25.9 Å².